The van der Waals surface area contributed by atoms with Crippen molar-refractivity contribution in [2.75, 3.05) is 0 Å². The molecule has 0 aromatic carbocycles. The first-order chi connectivity index (χ1) is 14.1. The molecule has 1 amide bonds. The van der Waals surface area contributed by atoms with Crippen molar-refractivity contribution in [1.29, 1.82) is 0 Å². The number of nitrogens with zero attached hydrogens (tertiary/aromatic N) is 1. The Morgan fingerprint density at radius 3 is 2.83 bits per heavy atom. The van der Waals surface area contributed by atoms with E-state index in [-0.39, 0.29) is 11.9 Å². The molecule has 2 aliphatic carbocycles. The van der Waals surface area contributed by atoms with Crippen molar-refractivity contribution in [1.82, 2.24) is 0 Å². The minimum Gasteiger partial charge on any atom is -0.366 e. The van der Waals surface area contributed by atoms with E-state index in [1.807, 2.05) is 24.3 Å². The molecule has 0 saturated heterocycles. The second kappa shape index (κ2) is 12.9. The van der Waals surface area contributed by atoms with E-state index in [1.54, 1.807) is 6.08 Å². The zero-order valence-electron chi connectivity index (χ0n) is 17.9. The fourth-order valence-electron chi connectivity index (χ4n) is 3.74. The summed E-state index contributed by atoms with van der Waals surface area (Å²) in [5.74, 6) is -0.0505. The summed E-state index contributed by atoms with van der Waals surface area (Å²) in [6.07, 6.45) is 28.3. The molecule has 2 rings (SSSR count). The van der Waals surface area contributed by atoms with Gasteiger partial charge in [0.1, 0.15) is 0 Å². The zero-order chi connectivity index (χ0) is 20.9. The molecule has 2 atom stereocenters. The Morgan fingerprint density at radius 1 is 1.28 bits per heavy atom. The van der Waals surface area contributed by atoms with E-state index in [4.69, 9.17) is 10.7 Å². The molecule has 0 aliphatic heterocycles. The number of allylic oxidation sites excluding steroid dienone is 7. The Labute approximate surface area is 176 Å². The van der Waals surface area contributed by atoms with Gasteiger partial charge in [-0.2, -0.15) is 0 Å². The second-order valence-corrected chi connectivity index (χ2v) is 7.97. The van der Waals surface area contributed by atoms with Gasteiger partial charge in [-0.1, -0.05) is 55.9 Å². The Morgan fingerprint density at radius 2 is 2.10 bits per heavy atom. The number of carbonyl (C=O) groups excluding carboxylic acids is 1. The third-order valence-electron chi connectivity index (χ3n) is 5.38. The summed E-state index contributed by atoms with van der Waals surface area (Å²) in [6, 6.07) is 0.224. The quantitative estimate of drug-likeness (QED) is 0.390. The van der Waals surface area contributed by atoms with Crippen molar-refractivity contribution in [2.24, 2.45) is 16.6 Å². The number of rotatable bonds is 8. The van der Waals surface area contributed by atoms with E-state index in [0.717, 1.165) is 57.1 Å². The molecule has 156 valence electrons. The summed E-state index contributed by atoms with van der Waals surface area (Å²) >= 11 is 0. The van der Waals surface area contributed by atoms with Crippen molar-refractivity contribution < 1.29 is 4.79 Å². The summed E-state index contributed by atoms with van der Waals surface area (Å²) < 4.78 is 0. The molecule has 0 heterocycles. The molecular formula is C26H36N2O. The lowest BCUT2D eigenvalue weighted by Gasteiger charge is -2.18. The van der Waals surface area contributed by atoms with Crippen molar-refractivity contribution >= 4 is 11.6 Å². The van der Waals surface area contributed by atoms with Crippen LogP contribution in [0.25, 0.3) is 0 Å². The SMILES string of the molecule is C=CCCCCC(N=C1/C=C/C=C\C(C(N)=O)=CC(C)CCC1)C1=CCCC=C1. The van der Waals surface area contributed by atoms with Gasteiger partial charge < -0.3 is 5.73 Å². The summed E-state index contributed by atoms with van der Waals surface area (Å²) in [5.41, 5.74) is 8.57. The van der Waals surface area contributed by atoms with Crippen LogP contribution in [-0.4, -0.2) is 17.7 Å². The highest BCUT2D eigenvalue weighted by atomic mass is 16.1. The van der Waals surface area contributed by atoms with Crippen LogP contribution in [0.1, 0.15) is 64.7 Å². The molecule has 2 aliphatic rings. The number of unbranched alkanes of at least 4 members (excludes halogenated alkanes) is 2. The van der Waals surface area contributed by atoms with Crippen LogP contribution in [0, 0.1) is 5.92 Å². The van der Waals surface area contributed by atoms with E-state index in [0.29, 0.717) is 11.5 Å². The number of primary amides is 1. The molecular weight excluding hydrogens is 356 g/mol. The smallest absolute Gasteiger partial charge is 0.248 e. The van der Waals surface area contributed by atoms with Crippen LogP contribution in [0.2, 0.25) is 0 Å². The Kier molecular flexibility index (Phi) is 10.2. The fourth-order valence-corrected chi connectivity index (χ4v) is 3.74. The molecule has 0 bridgehead atoms. The first-order valence-corrected chi connectivity index (χ1v) is 11.0. The monoisotopic (exact) mass is 392 g/mol. The van der Waals surface area contributed by atoms with Gasteiger partial charge in [-0.25, -0.2) is 0 Å². The highest BCUT2D eigenvalue weighted by Crippen LogP contribution is 2.22. The molecule has 0 saturated carbocycles. The van der Waals surface area contributed by atoms with Crippen molar-refractivity contribution in [2.45, 2.75) is 70.8 Å². The lowest BCUT2D eigenvalue weighted by atomic mass is 9.95. The first-order valence-electron chi connectivity index (χ1n) is 11.0. The Balaban J connectivity index is 2.19. The average molecular weight is 393 g/mol. The molecule has 0 fully saturated rings. The molecule has 29 heavy (non-hydrogen) atoms. The van der Waals surface area contributed by atoms with Gasteiger partial charge in [0, 0.05) is 11.3 Å². The van der Waals surface area contributed by atoms with Gasteiger partial charge in [-0.15, -0.1) is 6.58 Å². The van der Waals surface area contributed by atoms with Crippen LogP contribution >= 0.6 is 0 Å². The maximum absolute atomic E-state index is 11.6. The van der Waals surface area contributed by atoms with Crippen LogP contribution in [0.5, 0.6) is 0 Å². The van der Waals surface area contributed by atoms with Gasteiger partial charge in [0.25, 0.3) is 0 Å². The molecule has 3 nitrogen and oxygen atoms in total. The molecule has 0 aromatic heterocycles. The molecule has 2 N–H and O–H groups in total. The highest BCUT2D eigenvalue weighted by molar-refractivity contribution is 5.96. The number of carbonyl (C=O) groups is 1. The van der Waals surface area contributed by atoms with Gasteiger partial charge in [-0.3, -0.25) is 9.79 Å². The largest absolute Gasteiger partial charge is 0.366 e. The Bertz CT molecular complexity index is 734. The predicted octanol–water partition coefficient (Wildman–Crippen LogP) is 6.16. The molecule has 2 unspecified atom stereocenters. The normalized spacial score (nSPS) is 24.7. The van der Waals surface area contributed by atoms with Gasteiger partial charge in [0.05, 0.1) is 6.04 Å². The average Bonchev–Trinajstić information content (AvgIpc) is 2.76. The van der Waals surface area contributed by atoms with E-state index in [1.165, 1.54) is 12.0 Å². The third-order valence-corrected chi connectivity index (χ3v) is 5.38. The van der Waals surface area contributed by atoms with Crippen molar-refractivity contribution in [3.8, 4) is 0 Å². The van der Waals surface area contributed by atoms with Gasteiger partial charge in [-0.05, 0) is 75.0 Å². The maximum atomic E-state index is 11.6. The summed E-state index contributed by atoms with van der Waals surface area (Å²) in [5, 5.41) is 0. The minimum atomic E-state index is -0.370. The topological polar surface area (TPSA) is 55.4 Å². The van der Waals surface area contributed by atoms with E-state index in [9.17, 15) is 4.79 Å². The van der Waals surface area contributed by atoms with Crippen molar-refractivity contribution in [3.05, 3.63) is 72.4 Å². The summed E-state index contributed by atoms with van der Waals surface area (Å²) in [7, 11) is 0. The van der Waals surface area contributed by atoms with E-state index >= 15 is 0 Å². The predicted molar refractivity (Wildman–Crippen MR) is 125 cm³/mol. The van der Waals surface area contributed by atoms with Crippen molar-refractivity contribution in [3.63, 3.8) is 0 Å². The van der Waals surface area contributed by atoms with E-state index in [2.05, 4.69) is 37.8 Å². The van der Waals surface area contributed by atoms with Crippen LogP contribution in [0.3, 0.4) is 0 Å². The number of hydrogen-bond acceptors (Lipinski definition) is 2. The maximum Gasteiger partial charge on any atom is 0.248 e. The zero-order valence-corrected chi connectivity index (χ0v) is 17.9. The van der Waals surface area contributed by atoms with Crippen LogP contribution < -0.4 is 5.73 Å². The standard InChI is InChI=1S/C26H36N2O/c1-3-4-5-9-19-25(22-14-7-6-8-15-22)28-24-17-11-10-16-23(26(27)29)20-21(2)13-12-18-24/h3,7,10-11,14-17,20-21,25H,1,4-6,8-9,12-13,18-19H2,2H3,(H2,27,29)/b16-10-,17-11+,23-20?,28-24?. The molecule has 3 heteroatoms. The highest BCUT2D eigenvalue weighted by Gasteiger charge is 2.14. The molecule has 0 spiro atoms. The molecule has 0 aromatic rings. The molecule has 0 radical (unpaired) electrons. The number of aliphatic imine (C=N–C) groups is 1. The number of nitrogens with two attached hydrogens (primary N) is 1. The summed E-state index contributed by atoms with van der Waals surface area (Å²) in [6.45, 7) is 5.97. The lowest BCUT2D eigenvalue weighted by molar-refractivity contribution is -0.114. The second-order valence-electron chi connectivity index (χ2n) is 7.97. The van der Waals surface area contributed by atoms with Crippen LogP contribution in [-0.2, 0) is 4.79 Å². The lowest BCUT2D eigenvalue weighted by Crippen LogP contribution is -2.13. The fraction of sp³-hybridized carbons (Fsp3) is 0.462. The first kappa shape index (κ1) is 22.9. The van der Waals surface area contributed by atoms with E-state index < -0.39 is 0 Å². The minimum absolute atomic E-state index is 0.224. The van der Waals surface area contributed by atoms with Gasteiger partial charge in [0.15, 0.2) is 0 Å². The third kappa shape index (κ3) is 8.64. The van der Waals surface area contributed by atoms with Gasteiger partial charge >= 0.3 is 0 Å². The number of amides is 1. The number of hydrogen-bond donors (Lipinski definition) is 1. The Hall–Kier alpha value is -2.42. The summed E-state index contributed by atoms with van der Waals surface area (Å²) in [4.78, 5) is 16.8. The van der Waals surface area contributed by atoms with Crippen LogP contribution in [0.4, 0.5) is 0 Å². The van der Waals surface area contributed by atoms with Crippen LogP contribution in [0.15, 0.2) is 77.4 Å². The van der Waals surface area contributed by atoms with Gasteiger partial charge in [0.2, 0.25) is 5.91 Å².